The summed E-state index contributed by atoms with van der Waals surface area (Å²) < 4.78 is 0. The quantitative estimate of drug-likeness (QED) is 0.422. The summed E-state index contributed by atoms with van der Waals surface area (Å²) in [4.78, 5) is 46.7. The fourth-order valence-electron chi connectivity index (χ4n) is 3.35. The minimum Gasteiger partial charge on any atom is -0.352 e. The first-order valence-corrected chi connectivity index (χ1v) is 9.42. The highest BCUT2D eigenvalue weighted by Crippen LogP contribution is 2.23. The Morgan fingerprint density at radius 3 is 2.27 bits per heavy atom. The van der Waals surface area contributed by atoms with E-state index in [-0.39, 0.29) is 24.4 Å². The third-order valence-electron chi connectivity index (χ3n) is 4.92. The monoisotopic (exact) mass is 412 g/mol. The number of nitro benzene ring substituents is 2. The predicted molar refractivity (Wildman–Crippen MR) is 107 cm³/mol. The number of nitro groups is 2. The van der Waals surface area contributed by atoms with Crippen LogP contribution in [0.5, 0.6) is 0 Å². The number of hydrogen-bond acceptors (Lipinski definition) is 6. The summed E-state index contributed by atoms with van der Waals surface area (Å²) in [5.41, 5.74) is 1.15. The van der Waals surface area contributed by atoms with E-state index < -0.39 is 27.1 Å². The molecule has 0 spiro atoms. The van der Waals surface area contributed by atoms with Crippen molar-refractivity contribution in [3.05, 3.63) is 79.4 Å². The van der Waals surface area contributed by atoms with Gasteiger partial charge in [-0.25, -0.2) is 0 Å². The van der Waals surface area contributed by atoms with Crippen LogP contribution in [0.25, 0.3) is 0 Å². The van der Waals surface area contributed by atoms with Crippen LogP contribution in [0.1, 0.15) is 34.3 Å². The molecule has 0 bridgehead atoms. The maximum atomic E-state index is 12.4. The van der Waals surface area contributed by atoms with Crippen molar-refractivity contribution in [2.45, 2.75) is 25.8 Å². The Balaban J connectivity index is 1.51. The lowest BCUT2D eigenvalue weighted by Crippen LogP contribution is -2.36. The normalized spacial score (nSPS) is 12.7. The maximum Gasteiger partial charge on any atom is 0.277 e. The first kappa shape index (κ1) is 20.9. The van der Waals surface area contributed by atoms with E-state index in [0.29, 0.717) is 19.5 Å². The molecule has 1 N–H and O–H groups in total. The largest absolute Gasteiger partial charge is 0.352 e. The molecule has 1 aliphatic heterocycles. The van der Waals surface area contributed by atoms with Gasteiger partial charge in [0.05, 0.1) is 21.5 Å². The van der Waals surface area contributed by atoms with E-state index in [0.717, 1.165) is 30.2 Å². The van der Waals surface area contributed by atoms with Gasteiger partial charge in [0, 0.05) is 38.2 Å². The van der Waals surface area contributed by atoms with Crippen LogP contribution < -0.4 is 5.32 Å². The molecule has 0 fully saturated rings. The molecule has 10 nitrogen and oxygen atoms in total. The van der Waals surface area contributed by atoms with E-state index in [9.17, 15) is 29.8 Å². The van der Waals surface area contributed by atoms with Crippen molar-refractivity contribution in [3.8, 4) is 0 Å². The van der Waals surface area contributed by atoms with Crippen molar-refractivity contribution in [1.82, 2.24) is 10.2 Å². The number of carbonyl (C=O) groups is 2. The zero-order valence-corrected chi connectivity index (χ0v) is 16.1. The molecule has 0 atom stereocenters. The maximum absolute atomic E-state index is 12.4. The van der Waals surface area contributed by atoms with Gasteiger partial charge in [0.15, 0.2) is 0 Å². The molecule has 2 amide bonds. The van der Waals surface area contributed by atoms with Crippen LogP contribution in [-0.2, 0) is 17.8 Å². The summed E-state index contributed by atoms with van der Waals surface area (Å²) in [6, 6.07) is 10.8. The Hall–Kier alpha value is -3.82. The lowest BCUT2D eigenvalue weighted by atomic mass is 9.99. The Morgan fingerprint density at radius 2 is 1.63 bits per heavy atom. The smallest absolute Gasteiger partial charge is 0.277 e. The number of fused-ring (bicyclic) bond motifs is 1. The van der Waals surface area contributed by atoms with Gasteiger partial charge in [-0.1, -0.05) is 24.3 Å². The van der Waals surface area contributed by atoms with Gasteiger partial charge in [0.1, 0.15) is 0 Å². The van der Waals surface area contributed by atoms with E-state index in [2.05, 4.69) is 11.4 Å². The molecule has 0 saturated heterocycles. The molecule has 3 rings (SSSR count). The lowest BCUT2D eigenvalue weighted by Gasteiger charge is -2.29. The van der Waals surface area contributed by atoms with E-state index in [1.807, 2.05) is 18.2 Å². The number of non-ortho nitro benzene ring substituents is 2. The second-order valence-corrected chi connectivity index (χ2v) is 6.95. The van der Waals surface area contributed by atoms with Crippen LogP contribution in [0, 0.1) is 20.2 Å². The molecule has 1 aliphatic rings. The molecule has 30 heavy (non-hydrogen) atoms. The average molecular weight is 412 g/mol. The molecular weight excluding hydrogens is 392 g/mol. The molecule has 0 aromatic heterocycles. The molecular formula is C20H20N4O6. The van der Waals surface area contributed by atoms with Crippen molar-refractivity contribution in [3.63, 3.8) is 0 Å². The molecule has 2 aromatic rings. The minimum atomic E-state index is -0.792. The molecule has 1 heterocycles. The van der Waals surface area contributed by atoms with Crippen molar-refractivity contribution in [1.29, 1.82) is 0 Å². The fourth-order valence-corrected chi connectivity index (χ4v) is 3.35. The third-order valence-corrected chi connectivity index (χ3v) is 4.92. The van der Waals surface area contributed by atoms with Gasteiger partial charge < -0.3 is 10.2 Å². The van der Waals surface area contributed by atoms with E-state index >= 15 is 0 Å². The third kappa shape index (κ3) is 4.96. The first-order chi connectivity index (χ1) is 14.3. The summed E-state index contributed by atoms with van der Waals surface area (Å²) in [5.74, 6) is -0.675. The topological polar surface area (TPSA) is 136 Å². The highest BCUT2D eigenvalue weighted by atomic mass is 16.6. The molecule has 0 saturated carbocycles. The summed E-state index contributed by atoms with van der Waals surface area (Å²) in [6.45, 7) is 1.39. The first-order valence-electron chi connectivity index (χ1n) is 9.42. The number of nitrogens with zero attached hydrogens (tertiary/aromatic N) is 3. The predicted octanol–water partition coefficient (Wildman–Crippen LogP) is 2.60. The van der Waals surface area contributed by atoms with Gasteiger partial charge in [-0.05, 0) is 24.0 Å². The van der Waals surface area contributed by atoms with Crippen molar-refractivity contribution < 1.29 is 19.4 Å². The van der Waals surface area contributed by atoms with Crippen LogP contribution in [0.4, 0.5) is 11.4 Å². The number of benzene rings is 2. The molecule has 0 radical (unpaired) electrons. The standard InChI is InChI=1S/C20H20N4O6/c25-19(22-9-7-14-4-1-2-5-15(14)13-22)6-3-8-21-20(26)16-10-17(23(27)28)12-18(11-16)24(29)30/h1-2,4-5,10-12H,3,6-9,13H2,(H,21,26). The van der Waals surface area contributed by atoms with Crippen LogP contribution in [0.3, 0.4) is 0 Å². The summed E-state index contributed by atoms with van der Waals surface area (Å²) >= 11 is 0. The molecule has 0 aliphatic carbocycles. The van der Waals surface area contributed by atoms with Crippen LogP contribution in [-0.4, -0.2) is 39.7 Å². The van der Waals surface area contributed by atoms with Gasteiger partial charge in [-0.3, -0.25) is 29.8 Å². The van der Waals surface area contributed by atoms with Gasteiger partial charge in [0.25, 0.3) is 17.3 Å². The van der Waals surface area contributed by atoms with Crippen molar-refractivity contribution in [2.75, 3.05) is 13.1 Å². The number of amides is 2. The lowest BCUT2D eigenvalue weighted by molar-refractivity contribution is -0.394. The summed E-state index contributed by atoms with van der Waals surface area (Å²) in [7, 11) is 0. The fraction of sp³-hybridized carbons (Fsp3) is 0.300. The highest BCUT2D eigenvalue weighted by molar-refractivity contribution is 5.95. The Labute approximate surface area is 171 Å². The zero-order chi connectivity index (χ0) is 21.7. The van der Waals surface area contributed by atoms with Gasteiger partial charge >= 0.3 is 0 Å². The second kappa shape index (κ2) is 9.12. The SMILES string of the molecule is O=C(NCCCC(=O)N1CCc2ccccc2C1)c1cc([N+](=O)[O-])cc([N+](=O)[O-])c1. The molecule has 2 aromatic carbocycles. The molecule has 0 unspecified atom stereocenters. The zero-order valence-electron chi connectivity index (χ0n) is 16.1. The van der Waals surface area contributed by atoms with Gasteiger partial charge in [0.2, 0.25) is 5.91 Å². The average Bonchev–Trinajstić information content (AvgIpc) is 2.75. The number of hydrogen-bond donors (Lipinski definition) is 1. The highest BCUT2D eigenvalue weighted by Gasteiger charge is 2.21. The molecule has 156 valence electrons. The Bertz CT molecular complexity index is 974. The number of nitrogens with one attached hydrogen (secondary N) is 1. The van der Waals surface area contributed by atoms with Crippen molar-refractivity contribution in [2.24, 2.45) is 0 Å². The van der Waals surface area contributed by atoms with Crippen LogP contribution in [0.2, 0.25) is 0 Å². The van der Waals surface area contributed by atoms with E-state index in [1.54, 1.807) is 4.90 Å². The second-order valence-electron chi connectivity index (χ2n) is 6.95. The number of carbonyl (C=O) groups excluding carboxylic acids is 2. The van der Waals surface area contributed by atoms with Crippen LogP contribution >= 0.6 is 0 Å². The minimum absolute atomic E-state index is 0.00950. The van der Waals surface area contributed by atoms with Gasteiger partial charge in [-0.15, -0.1) is 0 Å². The summed E-state index contributed by atoms with van der Waals surface area (Å²) in [6.07, 6.45) is 1.45. The van der Waals surface area contributed by atoms with E-state index in [1.165, 1.54) is 5.56 Å². The van der Waals surface area contributed by atoms with Crippen molar-refractivity contribution >= 4 is 23.2 Å². The molecule has 10 heteroatoms. The van der Waals surface area contributed by atoms with E-state index in [4.69, 9.17) is 0 Å². The Kier molecular flexibility index (Phi) is 6.35. The van der Waals surface area contributed by atoms with Gasteiger partial charge in [-0.2, -0.15) is 0 Å². The Morgan fingerprint density at radius 1 is 1.00 bits per heavy atom. The van der Waals surface area contributed by atoms with Crippen LogP contribution in [0.15, 0.2) is 42.5 Å². The summed E-state index contributed by atoms with van der Waals surface area (Å²) in [5, 5.41) is 24.4. The number of rotatable bonds is 7.